The maximum Gasteiger partial charge on any atom is 0.283 e. The normalized spacial score (nSPS) is 16.8. The molecule has 22 heavy (non-hydrogen) atoms. The predicted octanol–water partition coefficient (Wildman–Crippen LogP) is 3.06. The molecule has 0 amide bonds. The van der Waals surface area contributed by atoms with Crippen molar-refractivity contribution in [2.24, 2.45) is 0 Å². The molecule has 3 rings (SSSR count). The van der Waals surface area contributed by atoms with Crippen molar-refractivity contribution in [2.75, 3.05) is 26.2 Å². The molecular formula is C16H21N3O3. The molecule has 1 aliphatic rings. The van der Waals surface area contributed by atoms with Gasteiger partial charge in [0.25, 0.3) is 5.89 Å². The summed E-state index contributed by atoms with van der Waals surface area (Å²) in [6.07, 6.45) is 3.60. The standard InChI is InChI=1S/C16H21N3O3/c1-3-20-12(2)11-19-8-6-13(7-9-19)15-17-18-16(22-15)14-5-4-10-21-14/h4-5,10,13H,2-3,6-9,11H2,1H3. The van der Waals surface area contributed by atoms with Crippen LogP contribution >= 0.6 is 0 Å². The fourth-order valence-corrected chi connectivity index (χ4v) is 2.74. The van der Waals surface area contributed by atoms with E-state index in [-0.39, 0.29) is 0 Å². The number of nitrogens with zero attached hydrogens (tertiary/aromatic N) is 3. The van der Waals surface area contributed by atoms with Gasteiger partial charge in [-0.05, 0) is 45.0 Å². The smallest absolute Gasteiger partial charge is 0.283 e. The lowest BCUT2D eigenvalue weighted by atomic mass is 9.97. The van der Waals surface area contributed by atoms with Crippen molar-refractivity contribution in [2.45, 2.75) is 25.7 Å². The van der Waals surface area contributed by atoms with E-state index in [1.165, 1.54) is 0 Å². The fraction of sp³-hybridized carbons (Fsp3) is 0.500. The average Bonchev–Trinajstić information content (AvgIpc) is 3.19. The lowest BCUT2D eigenvalue weighted by Gasteiger charge is -2.30. The first-order chi connectivity index (χ1) is 10.8. The summed E-state index contributed by atoms with van der Waals surface area (Å²) in [5.41, 5.74) is 0. The lowest BCUT2D eigenvalue weighted by molar-refractivity contribution is 0.156. The molecule has 6 heteroatoms. The number of hydrogen-bond acceptors (Lipinski definition) is 6. The van der Waals surface area contributed by atoms with Gasteiger partial charge in [0.15, 0.2) is 5.76 Å². The Bertz CT molecular complexity index is 598. The van der Waals surface area contributed by atoms with Gasteiger partial charge in [-0.1, -0.05) is 6.58 Å². The van der Waals surface area contributed by atoms with Crippen LogP contribution in [-0.2, 0) is 4.74 Å². The fourth-order valence-electron chi connectivity index (χ4n) is 2.74. The quantitative estimate of drug-likeness (QED) is 0.764. The number of hydrogen-bond donors (Lipinski definition) is 0. The Kier molecular flexibility index (Phi) is 4.58. The topological polar surface area (TPSA) is 64.5 Å². The summed E-state index contributed by atoms with van der Waals surface area (Å²) in [7, 11) is 0. The van der Waals surface area contributed by atoms with Gasteiger partial charge in [-0.15, -0.1) is 10.2 Å². The molecule has 0 spiro atoms. The van der Waals surface area contributed by atoms with Gasteiger partial charge in [-0.3, -0.25) is 4.90 Å². The summed E-state index contributed by atoms with van der Waals surface area (Å²) in [5.74, 6) is 2.91. The molecule has 0 aromatic carbocycles. The van der Waals surface area contributed by atoms with E-state index in [1.807, 2.05) is 19.1 Å². The summed E-state index contributed by atoms with van der Waals surface area (Å²) in [5, 5.41) is 8.24. The molecule has 3 heterocycles. The SMILES string of the molecule is C=C(CN1CCC(c2nnc(-c3ccco3)o2)CC1)OCC. The third-order valence-corrected chi connectivity index (χ3v) is 3.86. The third-order valence-electron chi connectivity index (χ3n) is 3.86. The highest BCUT2D eigenvalue weighted by Crippen LogP contribution is 2.29. The van der Waals surface area contributed by atoms with E-state index in [1.54, 1.807) is 6.26 Å². The minimum atomic E-state index is 0.313. The van der Waals surface area contributed by atoms with Gasteiger partial charge in [0.05, 0.1) is 19.4 Å². The van der Waals surface area contributed by atoms with Crippen molar-refractivity contribution in [3.63, 3.8) is 0 Å². The van der Waals surface area contributed by atoms with Crippen molar-refractivity contribution in [1.82, 2.24) is 15.1 Å². The van der Waals surface area contributed by atoms with Gasteiger partial charge in [0.1, 0.15) is 5.76 Å². The molecule has 2 aromatic heterocycles. The van der Waals surface area contributed by atoms with E-state index in [2.05, 4.69) is 21.7 Å². The van der Waals surface area contributed by atoms with E-state index in [0.717, 1.165) is 38.2 Å². The van der Waals surface area contributed by atoms with E-state index in [4.69, 9.17) is 13.6 Å². The highest BCUT2D eigenvalue weighted by Gasteiger charge is 2.25. The molecule has 1 saturated heterocycles. The van der Waals surface area contributed by atoms with Gasteiger partial charge in [0, 0.05) is 5.92 Å². The Hall–Kier alpha value is -2.08. The van der Waals surface area contributed by atoms with E-state index in [9.17, 15) is 0 Å². The Morgan fingerprint density at radius 2 is 2.23 bits per heavy atom. The zero-order valence-electron chi connectivity index (χ0n) is 12.8. The van der Waals surface area contributed by atoms with Crippen LogP contribution in [0.5, 0.6) is 0 Å². The van der Waals surface area contributed by atoms with Crippen LogP contribution in [0, 0.1) is 0 Å². The van der Waals surface area contributed by atoms with E-state index in [0.29, 0.717) is 30.1 Å². The van der Waals surface area contributed by atoms with E-state index >= 15 is 0 Å². The van der Waals surface area contributed by atoms with Gasteiger partial charge in [0.2, 0.25) is 5.89 Å². The zero-order valence-corrected chi connectivity index (χ0v) is 12.8. The molecule has 2 aromatic rings. The Morgan fingerprint density at radius 3 is 2.91 bits per heavy atom. The average molecular weight is 303 g/mol. The van der Waals surface area contributed by atoms with Gasteiger partial charge in [-0.2, -0.15) is 0 Å². The maximum absolute atomic E-state index is 5.75. The van der Waals surface area contributed by atoms with Crippen LogP contribution in [0.2, 0.25) is 0 Å². The highest BCUT2D eigenvalue weighted by atomic mass is 16.5. The van der Waals surface area contributed by atoms with Gasteiger partial charge >= 0.3 is 0 Å². The summed E-state index contributed by atoms with van der Waals surface area (Å²) in [6, 6.07) is 3.63. The molecule has 0 N–H and O–H groups in total. The molecule has 0 atom stereocenters. The minimum absolute atomic E-state index is 0.313. The lowest BCUT2D eigenvalue weighted by Crippen LogP contribution is -2.34. The molecule has 0 unspecified atom stereocenters. The molecule has 118 valence electrons. The number of furan rings is 1. The number of aromatic nitrogens is 2. The van der Waals surface area contributed by atoms with Crippen molar-refractivity contribution in [3.05, 3.63) is 36.6 Å². The Morgan fingerprint density at radius 1 is 1.41 bits per heavy atom. The van der Waals surface area contributed by atoms with Crippen LogP contribution in [0.15, 0.2) is 39.6 Å². The summed E-state index contributed by atoms with van der Waals surface area (Å²) >= 11 is 0. The second-order valence-electron chi connectivity index (χ2n) is 5.44. The molecule has 1 aliphatic heterocycles. The first kappa shape index (κ1) is 14.8. The van der Waals surface area contributed by atoms with Gasteiger partial charge < -0.3 is 13.6 Å². The first-order valence-corrected chi connectivity index (χ1v) is 7.66. The number of ether oxygens (including phenoxy) is 1. The van der Waals surface area contributed by atoms with Crippen molar-refractivity contribution in [3.8, 4) is 11.7 Å². The molecule has 0 radical (unpaired) electrons. The monoisotopic (exact) mass is 303 g/mol. The first-order valence-electron chi connectivity index (χ1n) is 7.66. The van der Waals surface area contributed by atoms with E-state index < -0.39 is 0 Å². The van der Waals surface area contributed by atoms with Crippen LogP contribution in [-0.4, -0.2) is 41.3 Å². The number of likely N-dealkylation sites (tertiary alicyclic amines) is 1. The van der Waals surface area contributed by atoms with Crippen LogP contribution < -0.4 is 0 Å². The Balaban J connectivity index is 1.54. The molecule has 0 aliphatic carbocycles. The summed E-state index contributed by atoms with van der Waals surface area (Å²) < 4.78 is 16.4. The molecular weight excluding hydrogens is 282 g/mol. The second-order valence-corrected chi connectivity index (χ2v) is 5.44. The van der Waals surface area contributed by atoms with Crippen molar-refractivity contribution in [1.29, 1.82) is 0 Å². The van der Waals surface area contributed by atoms with Crippen LogP contribution in [0.4, 0.5) is 0 Å². The highest BCUT2D eigenvalue weighted by molar-refractivity contribution is 5.42. The van der Waals surface area contributed by atoms with Crippen LogP contribution in [0.25, 0.3) is 11.7 Å². The number of piperidine rings is 1. The van der Waals surface area contributed by atoms with Crippen molar-refractivity contribution < 1.29 is 13.6 Å². The molecule has 0 bridgehead atoms. The largest absolute Gasteiger partial charge is 0.497 e. The molecule has 6 nitrogen and oxygen atoms in total. The van der Waals surface area contributed by atoms with Gasteiger partial charge in [-0.25, -0.2) is 0 Å². The molecule has 0 saturated carbocycles. The summed E-state index contributed by atoms with van der Waals surface area (Å²) in [6.45, 7) is 9.34. The minimum Gasteiger partial charge on any atom is -0.497 e. The second kappa shape index (κ2) is 6.79. The zero-order chi connectivity index (χ0) is 15.4. The third kappa shape index (κ3) is 3.39. The van der Waals surface area contributed by atoms with Crippen LogP contribution in [0.1, 0.15) is 31.6 Å². The maximum atomic E-state index is 5.75. The van der Waals surface area contributed by atoms with Crippen molar-refractivity contribution >= 4 is 0 Å². The molecule has 1 fully saturated rings. The number of rotatable bonds is 6. The predicted molar refractivity (Wildman–Crippen MR) is 81.2 cm³/mol. The van der Waals surface area contributed by atoms with Crippen LogP contribution in [0.3, 0.4) is 0 Å². The summed E-state index contributed by atoms with van der Waals surface area (Å²) in [4.78, 5) is 2.35. The Labute approximate surface area is 129 Å².